The summed E-state index contributed by atoms with van der Waals surface area (Å²) in [6.45, 7) is 3.91. The van der Waals surface area contributed by atoms with Gasteiger partial charge in [0.15, 0.2) is 5.78 Å². The lowest BCUT2D eigenvalue weighted by atomic mass is 10.1. The smallest absolute Gasteiger partial charge is 0.241 e. The van der Waals surface area contributed by atoms with Gasteiger partial charge in [-0.05, 0) is 68.8 Å². The zero-order valence-corrected chi connectivity index (χ0v) is 15.6. The van der Waals surface area contributed by atoms with E-state index in [9.17, 15) is 9.59 Å². The fourth-order valence-corrected chi connectivity index (χ4v) is 2.78. The Morgan fingerprint density at radius 1 is 1.08 bits per heavy atom. The molecule has 6 heteroatoms. The molecule has 0 saturated heterocycles. The molecule has 2 aromatic carbocycles. The number of halogens is 2. The lowest BCUT2D eigenvalue weighted by Crippen LogP contribution is -2.39. The van der Waals surface area contributed by atoms with Crippen LogP contribution in [0.25, 0.3) is 0 Å². The van der Waals surface area contributed by atoms with Crippen molar-refractivity contribution in [3.63, 3.8) is 0 Å². The van der Waals surface area contributed by atoms with Crippen molar-refractivity contribution in [1.82, 2.24) is 5.32 Å². The van der Waals surface area contributed by atoms with E-state index in [0.717, 1.165) is 5.56 Å². The summed E-state index contributed by atoms with van der Waals surface area (Å²) in [7, 11) is 0. The molecule has 0 aliphatic rings. The van der Waals surface area contributed by atoms with Crippen molar-refractivity contribution in [2.75, 3.05) is 11.9 Å². The molecule has 0 radical (unpaired) electrons. The number of carbonyl (C=O) groups excluding carboxylic acids is 2. The van der Waals surface area contributed by atoms with Crippen molar-refractivity contribution in [1.29, 1.82) is 0 Å². The Bertz CT molecular complexity index is 761. The molecule has 0 spiro atoms. The summed E-state index contributed by atoms with van der Waals surface area (Å²) in [5.74, 6) is -0.147. The molecular formula is C19H20Cl2N2O2. The number of carbonyl (C=O) groups is 2. The molecule has 4 nitrogen and oxygen atoms in total. The first-order chi connectivity index (χ1) is 11.9. The van der Waals surface area contributed by atoms with Crippen molar-refractivity contribution in [2.24, 2.45) is 0 Å². The van der Waals surface area contributed by atoms with Crippen LogP contribution in [-0.2, 0) is 11.2 Å². The molecule has 0 heterocycles. The van der Waals surface area contributed by atoms with E-state index in [-0.39, 0.29) is 17.7 Å². The van der Waals surface area contributed by atoms with Crippen molar-refractivity contribution in [3.05, 3.63) is 63.6 Å². The number of amides is 1. The predicted octanol–water partition coefficient (Wildman–Crippen LogP) is 4.36. The summed E-state index contributed by atoms with van der Waals surface area (Å²) < 4.78 is 0. The van der Waals surface area contributed by atoms with Crippen molar-refractivity contribution >= 4 is 40.6 Å². The van der Waals surface area contributed by atoms with Crippen LogP contribution in [0.5, 0.6) is 0 Å². The number of benzene rings is 2. The van der Waals surface area contributed by atoms with Crippen molar-refractivity contribution < 1.29 is 9.59 Å². The van der Waals surface area contributed by atoms with Gasteiger partial charge in [0.25, 0.3) is 0 Å². The first kappa shape index (κ1) is 19.4. The van der Waals surface area contributed by atoms with E-state index in [0.29, 0.717) is 34.3 Å². The fraction of sp³-hybridized carbons (Fsp3) is 0.263. The molecule has 2 aromatic rings. The number of nitrogens with one attached hydrogen (secondary N) is 2. The summed E-state index contributed by atoms with van der Waals surface area (Å²) in [4.78, 5) is 23.5. The van der Waals surface area contributed by atoms with Gasteiger partial charge >= 0.3 is 0 Å². The second-order valence-electron chi connectivity index (χ2n) is 5.78. The highest BCUT2D eigenvalue weighted by Gasteiger charge is 2.12. The molecule has 2 N–H and O–H groups in total. The number of hydrogen-bond acceptors (Lipinski definition) is 3. The lowest BCUT2D eigenvalue weighted by Gasteiger charge is -2.14. The Balaban J connectivity index is 1.82. The number of rotatable bonds is 7. The minimum absolute atomic E-state index is 0.00577. The maximum atomic E-state index is 12.2. The van der Waals surface area contributed by atoms with Crippen LogP contribution < -0.4 is 10.6 Å². The number of Topliss-reactive ketones (excluding diaryl/α,β-unsaturated/α-hetero) is 1. The van der Waals surface area contributed by atoms with E-state index in [1.54, 1.807) is 43.3 Å². The molecule has 0 fully saturated rings. The van der Waals surface area contributed by atoms with Crippen LogP contribution in [-0.4, -0.2) is 24.3 Å². The van der Waals surface area contributed by atoms with Gasteiger partial charge in [0.05, 0.1) is 6.04 Å². The van der Waals surface area contributed by atoms with Crippen molar-refractivity contribution in [3.8, 4) is 0 Å². The zero-order chi connectivity index (χ0) is 18.4. The van der Waals surface area contributed by atoms with Crippen LogP contribution >= 0.6 is 23.2 Å². The molecule has 0 saturated carbocycles. The third kappa shape index (κ3) is 5.85. The number of ketones is 1. The van der Waals surface area contributed by atoms with Gasteiger partial charge in [-0.2, -0.15) is 0 Å². The standard InChI is InChI=1S/C19H20Cl2N2O2/c1-12(22-10-9-15-3-6-16(20)11-18(15)21)19(25)23-17-7-4-14(5-8-17)13(2)24/h3-8,11-12,22H,9-10H2,1-2H3,(H,23,25). The second-order valence-corrected chi connectivity index (χ2v) is 6.63. The summed E-state index contributed by atoms with van der Waals surface area (Å²) in [5.41, 5.74) is 2.25. The van der Waals surface area contributed by atoms with Crippen LogP contribution in [0.15, 0.2) is 42.5 Å². The molecule has 1 atom stereocenters. The largest absolute Gasteiger partial charge is 0.325 e. The third-order valence-electron chi connectivity index (χ3n) is 3.81. The first-order valence-corrected chi connectivity index (χ1v) is 8.71. The maximum absolute atomic E-state index is 12.2. The molecule has 0 aromatic heterocycles. The minimum Gasteiger partial charge on any atom is -0.325 e. The highest BCUT2D eigenvalue weighted by Crippen LogP contribution is 2.21. The molecule has 2 rings (SSSR count). The van der Waals surface area contributed by atoms with Gasteiger partial charge in [-0.15, -0.1) is 0 Å². The molecule has 1 amide bonds. The van der Waals surface area contributed by atoms with Gasteiger partial charge in [0, 0.05) is 21.3 Å². The average Bonchev–Trinajstić information content (AvgIpc) is 2.57. The number of anilines is 1. The van der Waals surface area contributed by atoms with Gasteiger partial charge in [-0.3, -0.25) is 9.59 Å². The summed E-state index contributed by atoms with van der Waals surface area (Å²) >= 11 is 12.0. The Morgan fingerprint density at radius 3 is 2.36 bits per heavy atom. The molecule has 1 unspecified atom stereocenters. The summed E-state index contributed by atoms with van der Waals surface area (Å²) in [5, 5.41) is 7.21. The lowest BCUT2D eigenvalue weighted by molar-refractivity contribution is -0.117. The van der Waals surface area contributed by atoms with E-state index in [2.05, 4.69) is 10.6 Å². The van der Waals surface area contributed by atoms with E-state index >= 15 is 0 Å². The van der Waals surface area contributed by atoms with Gasteiger partial charge in [0.1, 0.15) is 0 Å². The van der Waals surface area contributed by atoms with E-state index < -0.39 is 0 Å². The van der Waals surface area contributed by atoms with Crippen LogP contribution in [0.1, 0.15) is 29.8 Å². The average molecular weight is 379 g/mol. The Kier molecular flexibility index (Phi) is 7.00. The highest BCUT2D eigenvalue weighted by atomic mass is 35.5. The monoisotopic (exact) mass is 378 g/mol. The van der Waals surface area contributed by atoms with Crippen LogP contribution in [0, 0.1) is 0 Å². The number of hydrogen-bond donors (Lipinski definition) is 2. The van der Waals surface area contributed by atoms with E-state index in [4.69, 9.17) is 23.2 Å². The molecule has 0 aliphatic carbocycles. The zero-order valence-electron chi connectivity index (χ0n) is 14.1. The van der Waals surface area contributed by atoms with Gasteiger partial charge < -0.3 is 10.6 Å². The topological polar surface area (TPSA) is 58.2 Å². The molecule has 132 valence electrons. The van der Waals surface area contributed by atoms with Crippen LogP contribution in [0.2, 0.25) is 10.0 Å². The first-order valence-electron chi connectivity index (χ1n) is 7.96. The molecule has 0 bridgehead atoms. The quantitative estimate of drug-likeness (QED) is 0.703. The Labute approximate surface area is 157 Å². The van der Waals surface area contributed by atoms with Crippen LogP contribution in [0.4, 0.5) is 5.69 Å². The SMILES string of the molecule is CC(=O)c1ccc(NC(=O)C(C)NCCc2ccc(Cl)cc2Cl)cc1. The molecule has 25 heavy (non-hydrogen) atoms. The van der Waals surface area contributed by atoms with Gasteiger partial charge in [-0.25, -0.2) is 0 Å². The van der Waals surface area contributed by atoms with Gasteiger partial charge in [0.2, 0.25) is 5.91 Å². The Hall–Kier alpha value is -1.88. The minimum atomic E-state index is -0.362. The van der Waals surface area contributed by atoms with Gasteiger partial charge in [-0.1, -0.05) is 29.3 Å². The molecular weight excluding hydrogens is 359 g/mol. The van der Waals surface area contributed by atoms with Crippen LogP contribution in [0.3, 0.4) is 0 Å². The maximum Gasteiger partial charge on any atom is 0.241 e. The second kappa shape index (κ2) is 8.99. The third-order valence-corrected chi connectivity index (χ3v) is 4.40. The predicted molar refractivity (Wildman–Crippen MR) is 103 cm³/mol. The van der Waals surface area contributed by atoms with E-state index in [1.165, 1.54) is 6.92 Å². The fourth-order valence-electron chi connectivity index (χ4n) is 2.28. The van der Waals surface area contributed by atoms with Crippen molar-refractivity contribution in [2.45, 2.75) is 26.3 Å². The van der Waals surface area contributed by atoms with E-state index in [1.807, 2.05) is 6.07 Å². The summed E-state index contributed by atoms with van der Waals surface area (Å²) in [6.07, 6.45) is 0.695. The Morgan fingerprint density at radius 2 is 1.76 bits per heavy atom. The normalized spacial score (nSPS) is 11.8. The summed E-state index contributed by atoms with van der Waals surface area (Å²) in [6, 6.07) is 11.8. The highest BCUT2D eigenvalue weighted by molar-refractivity contribution is 6.35. The molecule has 0 aliphatic heterocycles.